The second-order valence-corrected chi connectivity index (χ2v) is 4.09. The Morgan fingerprint density at radius 1 is 1.35 bits per heavy atom. The summed E-state index contributed by atoms with van der Waals surface area (Å²) in [6, 6.07) is 7.13. The lowest BCUT2D eigenvalue weighted by Crippen LogP contribution is -2.25. The van der Waals surface area contributed by atoms with Crippen LogP contribution in [0.3, 0.4) is 0 Å². The summed E-state index contributed by atoms with van der Waals surface area (Å²) in [6.45, 7) is 4.52. The van der Waals surface area contributed by atoms with Crippen molar-refractivity contribution in [1.29, 1.82) is 0 Å². The molecule has 17 heavy (non-hydrogen) atoms. The van der Waals surface area contributed by atoms with Crippen molar-refractivity contribution >= 4 is 5.69 Å². The van der Waals surface area contributed by atoms with Gasteiger partial charge in [-0.15, -0.1) is 0 Å². The average Bonchev–Trinajstić information content (AvgIpc) is 2.33. The third kappa shape index (κ3) is 5.56. The number of aliphatic hydroxyl groups is 1. The van der Waals surface area contributed by atoms with Gasteiger partial charge in [0.05, 0.1) is 12.7 Å². The smallest absolute Gasteiger partial charge is 0.121 e. The Morgan fingerprint density at radius 2 is 2.12 bits per heavy atom. The maximum atomic E-state index is 9.64. The van der Waals surface area contributed by atoms with Gasteiger partial charge in [-0.05, 0) is 25.5 Å². The molecule has 1 rings (SSSR count). The second kappa shape index (κ2) is 7.14. The van der Waals surface area contributed by atoms with E-state index in [1.165, 1.54) is 0 Å². The van der Waals surface area contributed by atoms with Gasteiger partial charge in [0.2, 0.25) is 0 Å². The van der Waals surface area contributed by atoms with Crippen LogP contribution in [-0.4, -0.2) is 30.5 Å². The molecule has 2 atom stereocenters. The van der Waals surface area contributed by atoms with Gasteiger partial charge in [-0.25, -0.2) is 0 Å². The minimum absolute atomic E-state index is 0.164. The maximum absolute atomic E-state index is 9.64. The van der Waals surface area contributed by atoms with Gasteiger partial charge in [0.25, 0.3) is 0 Å². The zero-order chi connectivity index (χ0) is 12.7. The number of aliphatic hydroxyl groups excluding tert-OH is 1. The van der Waals surface area contributed by atoms with E-state index in [-0.39, 0.29) is 19.3 Å². The van der Waals surface area contributed by atoms with Crippen LogP contribution >= 0.6 is 0 Å². The number of benzene rings is 1. The molecule has 0 aliphatic heterocycles. The van der Waals surface area contributed by atoms with E-state index < -0.39 is 6.10 Å². The summed E-state index contributed by atoms with van der Waals surface area (Å²) in [5.41, 5.74) is 6.26. The Hall–Kier alpha value is -1.26. The number of rotatable bonds is 7. The fourth-order valence-corrected chi connectivity index (χ4v) is 1.24. The van der Waals surface area contributed by atoms with E-state index in [0.717, 1.165) is 6.42 Å². The van der Waals surface area contributed by atoms with Crippen LogP contribution in [0.2, 0.25) is 0 Å². The fourth-order valence-electron chi connectivity index (χ4n) is 1.24. The van der Waals surface area contributed by atoms with E-state index in [2.05, 4.69) is 0 Å². The average molecular weight is 239 g/mol. The zero-order valence-corrected chi connectivity index (χ0v) is 10.4. The topological polar surface area (TPSA) is 64.7 Å². The first-order valence-corrected chi connectivity index (χ1v) is 5.89. The molecule has 0 heterocycles. The first kappa shape index (κ1) is 13.8. The molecule has 0 spiro atoms. The fraction of sp³-hybridized carbons (Fsp3) is 0.538. The number of ether oxygens (including phenoxy) is 2. The van der Waals surface area contributed by atoms with Crippen molar-refractivity contribution < 1.29 is 14.6 Å². The molecule has 1 aromatic rings. The van der Waals surface area contributed by atoms with Gasteiger partial charge in [-0.1, -0.05) is 13.0 Å². The Bertz CT molecular complexity index is 330. The summed E-state index contributed by atoms with van der Waals surface area (Å²) < 4.78 is 10.8. The second-order valence-electron chi connectivity index (χ2n) is 4.09. The van der Waals surface area contributed by atoms with Gasteiger partial charge >= 0.3 is 0 Å². The summed E-state index contributed by atoms with van der Waals surface area (Å²) in [7, 11) is 0. The van der Waals surface area contributed by atoms with Crippen molar-refractivity contribution in [2.24, 2.45) is 0 Å². The van der Waals surface area contributed by atoms with Gasteiger partial charge in [0.15, 0.2) is 0 Å². The van der Waals surface area contributed by atoms with Gasteiger partial charge < -0.3 is 20.3 Å². The van der Waals surface area contributed by atoms with E-state index in [0.29, 0.717) is 11.4 Å². The summed E-state index contributed by atoms with van der Waals surface area (Å²) in [6.07, 6.45) is 0.477. The number of hydrogen-bond donors (Lipinski definition) is 2. The Morgan fingerprint density at radius 3 is 2.76 bits per heavy atom. The molecular weight excluding hydrogens is 218 g/mol. The molecule has 4 nitrogen and oxygen atoms in total. The van der Waals surface area contributed by atoms with E-state index in [9.17, 15) is 5.11 Å². The van der Waals surface area contributed by atoms with Crippen molar-refractivity contribution in [2.45, 2.75) is 32.5 Å². The number of nitrogens with two attached hydrogens (primary N) is 1. The van der Waals surface area contributed by atoms with Gasteiger partial charge in [0, 0.05) is 11.8 Å². The van der Waals surface area contributed by atoms with Crippen molar-refractivity contribution in [2.75, 3.05) is 18.9 Å². The van der Waals surface area contributed by atoms with Crippen LogP contribution in [0.4, 0.5) is 5.69 Å². The van der Waals surface area contributed by atoms with Crippen LogP contribution in [-0.2, 0) is 4.74 Å². The third-order valence-corrected chi connectivity index (χ3v) is 2.45. The van der Waals surface area contributed by atoms with Crippen LogP contribution < -0.4 is 10.5 Å². The van der Waals surface area contributed by atoms with E-state index in [1.54, 1.807) is 18.2 Å². The van der Waals surface area contributed by atoms with Crippen LogP contribution in [0, 0.1) is 0 Å². The molecule has 0 radical (unpaired) electrons. The highest BCUT2D eigenvalue weighted by molar-refractivity contribution is 5.43. The van der Waals surface area contributed by atoms with Gasteiger partial charge in [-0.2, -0.15) is 0 Å². The molecule has 3 N–H and O–H groups in total. The predicted octanol–water partition coefficient (Wildman–Crippen LogP) is 1.82. The van der Waals surface area contributed by atoms with Gasteiger partial charge in [-0.3, -0.25) is 0 Å². The summed E-state index contributed by atoms with van der Waals surface area (Å²) in [5, 5.41) is 9.64. The van der Waals surface area contributed by atoms with Gasteiger partial charge in [0.1, 0.15) is 18.5 Å². The first-order valence-electron chi connectivity index (χ1n) is 5.89. The monoisotopic (exact) mass is 239 g/mol. The van der Waals surface area contributed by atoms with E-state index in [1.807, 2.05) is 19.9 Å². The Kier molecular flexibility index (Phi) is 5.80. The highest BCUT2D eigenvalue weighted by Gasteiger charge is 2.08. The highest BCUT2D eigenvalue weighted by atomic mass is 16.5. The molecule has 0 bridgehead atoms. The largest absolute Gasteiger partial charge is 0.491 e. The van der Waals surface area contributed by atoms with Crippen molar-refractivity contribution in [3.05, 3.63) is 24.3 Å². The maximum Gasteiger partial charge on any atom is 0.121 e. The Labute approximate surface area is 102 Å². The van der Waals surface area contributed by atoms with Crippen LogP contribution in [0.15, 0.2) is 24.3 Å². The quantitative estimate of drug-likeness (QED) is 0.712. The molecule has 0 aromatic heterocycles. The summed E-state index contributed by atoms with van der Waals surface area (Å²) in [4.78, 5) is 0. The molecule has 0 aliphatic rings. The Balaban J connectivity index is 2.26. The molecular formula is C13H21NO3. The van der Waals surface area contributed by atoms with Crippen LogP contribution in [0.25, 0.3) is 0 Å². The molecule has 0 saturated carbocycles. The molecule has 0 aliphatic carbocycles. The van der Waals surface area contributed by atoms with Crippen molar-refractivity contribution in [3.8, 4) is 5.75 Å². The molecule has 0 fully saturated rings. The lowest BCUT2D eigenvalue weighted by molar-refractivity contribution is -0.0192. The molecule has 0 saturated heterocycles. The summed E-state index contributed by atoms with van der Waals surface area (Å²) >= 11 is 0. The van der Waals surface area contributed by atoms with E-state index >= 15 is 0 Å². The normalized spacial score (nSPS) is 14.3. The van der Waals surface area contributed by atoms with Crippen LogP contribution in [0.1, 0.15) is 20.3 Å². The minimum atomic E-state index is -0.620. The molecule has 4 heteroatoms. The standard InChI is InChI=1S/C13H21NO3/c1-3-10(2)16-8-12(15)9-17-13-6-4-5-11(14)7-13/h4-7,10,12,15H,3,8-9,14H2,1-2H3. The molecule has 0 amide bonds. The highest BCUT2D eigenvalue weighted by Crippen LogP contribution is 2.14. The lowest BCUT2D eigenvalue weighted by atomic mass is 10.3. The first-order chi connectivity index (χ1) is 8.11. The summed E-state index contributed by atoms with van der Waals surface area (Å²) in [5.74, 6) is 0.660. The van der Waals surface area contributed by atoms with Crippen LogP contribution in [0.5, 0.6) is 5.75 Å². The van der Waals surface area contributed by atoms with Crippen molar-refractivity contribution in [1.82, 2.24) is 0 Å². The SMILES string of the molecule is CCC(C)OCC(O)COc1cccc(N)c1. The number of nitrogen functional groups attached to an aromatic ring is 1. The van der Waals surface area contributed by atoms with Crippen molar-refractivity contribution in [3.63, 3.8) is 0 Å². The third-order valence-electron chi connectivity index (χ3n) is 2.45. The molecule has 2 unspecified atom stereocenters. The number of anilines is 1. The molecule has 96 valence electrons. The minimum Gasteiger partial charge on any atom is -0.491 e. The zero-order valence-electron chi connectivity index (χ0n) is 10.4. The molecule has 1 aromatic carbocycles. The van der Waals surface area contributed by atoms with E-state index in [4.69, 9.17) is 15.2 Å². The lowest BCUT2D eigenvalue weighted by Gasteiger charge is -2.15. The number of hydrogen-bond acceptors (Lipinski definition) is 4. The predicted molar refractivity (Wildman–Crippen MR) is 68.1 cm³/mol.